The van der Waals surface area contributed by atoms with E-state index in [1.807, 2.05) is 18.2 Å². The summed E-state index contributed by atoms with van der Waals surface area (Å²) in [6, 6.07) is 13.5. The molecule has 0 radical (unpaired) electrons. The van der Waals surface area contributed by atoms with Gasteiger partial charge in [0.25, 0.3) is 5.91 Å². The normalized spacial score (nSPS) is 13.2. The molecule has 0 bridgehead atoms. The van der Waals surface area contributed by atoms with E-state index in [4.69, 9.17) is 14.5 Å². The van der Waals surface area contributed by atoms with Crippen LogP contribution >= 0.6 is 35.1 Å². The van der Waals surface area contributed by atoms with Crippen molar-refractivity contribution in [1.82, 2.24) is 9.88 Å². The lowest BCUT2D eigenvalue weighted by atomic mass is 10.0. The molecule has 184 valence electrons. The van der Waals surface area contributed by atoms with Crippen LogP contribution in [0.4, 0.5) is 5.00 Å². The molecule has 0 atom stereocenters. The number of rotatable bonds is 7. The van der Waals surface area contributed by atoms with Gasteiger partial charge in [-0.25, -0.2) is 4.98 Å². The van der Waals surface area contributed by atoms with Crippen LogP contribution in [-0.2, 0) is 13.0 Å². The molecule has 1 amide bonds. The third-order valence-corrected chi connectivity index (χ3v) is 8.24. The molecule has 0 saturated heterocycles. The molecular weight excluding hydrogens is 502 g/mol. The Hall–Kier alpha value is -2.65. The molecule has 2 aromatic heterocycles. The second-order valence-corrected chi connectivity index (χ2v) is 10.4. The van der Waals surface area contributed by atoms with E-state index < -0.39 is 0 Å². The molecule has 6 nitrogen and oxygen atoms in total. The average molecular weight is 530 g/mol. The highest BCUT2D eigenvalue weighted by Gasteiger charge is 2.28. The van der Waals surface area contributed by atoms with E-state index in [2.05, 4.69) is 23.2 Å². The lowest BCUT2D eigenvalue weighted by Gasteiger charge is -2.26. The molecule has 35 heavy (non-hydrogen) atoms. The summed E-state index contributed by atoms with van der Waals surface area (Å²) < 4.78 is 12.0. The van der Waals surface area contributed by atoms with E-state index in [-0.39, 0.29) is 18.3 Å². The summed E-state index contributed by atoms with van der Waals surface area (Å²) >= 11 is 3.34. The highest BCUT2D eigenvalue weighted by atomic mass is 35.5. The standard InChI is InChI=1S/C26H27N3O3S2.ClH/c1-4-13-29-14-12-16-21(15-29)34-26(22(16)25-27-18-9-5-6-11-20(18)33-25)28-24(30)17-8-7-10-19(31-2)23(17)32-3;/h5-11H,4,12-15H2,1-3H3,(H,28,30);1H. The van der Waals surface area contributed by atoms with Gasteiger partial charge in [0, 0.05) is 23.5 Å². The van der Waals surface area contributed by atoms with Gasteiger partial charge in [0.1, 0.15) is 10.0 Å². The minimum atomic E-state index is -0.220. The van der Waals surface area contributed by atoms with Crippen molar-refractivity contribution in [3.05, 3.63) is 58.5 Å². The lowest BCUT2D eigenvalue weighted by molar-refractivity contribution is 0.102. The molecule has 4 aromatic rings. The number of nitrogens with one attached hydrogen (secondary N) is 1. The number of fused-ring (bicyclic) bond motifs is 2. The van der Waals surface area contributed by atoms with E-state index in [9.17, 15) is 4.79 Å². The number of thiazole rings is 1. The Morgan fingerprint density at radius 2 is 1.94 bits per heavy atom. The van der Waals surface area contributed by atoms with Crippen molar-refractivity contribution < 1.29 is 14.3 Å². The second-order valence-electron chi connectivity index (χ2n) is 8.22. The van der Waals surface area contributed by atoms with Gasteiger partial charge in [0.15, 0.2) is 11.5 Å². The van der Waals surface area contributed by atoms with E-state index >= 15 is 0 Å². The monoisotopic (exact) mass is 529 g/mol. The summed E-state index contributed by atoms with van der Waals surface area (Å²) in [5, 5.41) is 4.99. The smallest absolute Gasteiger partial charge is 0.260 e. The van der Waals surface area contributed by atoms with Crippen molar-refractivity contribution in [1.29, 1.82) is 0 Å². The van der Waals surface area contributed by atoms with Crippen molar-refractivity contribution in [3.63, 3.8) is 0 Å². The Morgan fingerprint density at radius 1 is 1.11 bits per heavy atom. The largest absolute Gasteiger partial charge is 0.493 e. The summed E-state index contributed by atoms with van der Waals surface area (Å²) in [4.78, 5) is 22.2. The fraction of sp³-hybridized carbons (Fsp3) is 0.308. The van der Waals surface area contributed by atoms with Gasteiger partial charge >= 0.3 is 0 Å². The van der Waals surface area contributed by atoms with Crippen LogP contribution in [0.1, 0.15) is 34.1 Å². The zero-order valence-electron chi connectivity index (χ0n) is 19.9. The summed E-state index contributed by atoms with van der Waals surface area (Å²) in [7, 11) is 3.12. The molecule has 1 aliphatic rings. The highest BCUT2D eigenvalue weighted by Crippen LogP contribution is 2.46. The third kappa shape index (κ3) is 4.89. The maximum atomic E-state index is 13.4. The molecule has 1 aliphatic heterocycles. The molecule has 0 aliphatic carbocycles. The van der Waals surface area contributed by atoms with E-state index in [0.29, 0.717) is 17.1 Å². The van der Waals surface area contributed by atoms with E-state index in [1.165, 1.54) is 10.4 Å². The molecule has 0 spiro atoms. The minimum Gasteiger partial charge on any atom is -0.493 e. The number of carbonyl (C=O) groups excluding carboxylic acids is 1. The number of hydrogen-bond acceptors (Lipinski definition) is 7. The quantitative estimate of drug-likeness (QED) is 0.296. The van der Waals surface area contributed by atoms with Crippen LogP contribution in [-0.4, -0.2) is 43.1 Å². The Labute approximate surface area is 219 Å². The molecule has 0 fully saturated rings. The minimum absolute atomic E-state index is 0. The first kappa shape index (κ1) is 25.4. The first-order chi connectivity index (χ1) is 16.6. The van der Waals surface area contributed by atoms with Gasteiger partial charge in [-0.3, -0.25) is 9.69 Å². The first-order valence-electron chi connectivity index (χ1n) is 11.4. The number of para-hydroxylation sites is 2. The predicted molar refractivity (Wildman–Crippen MR) is 147 cm³/mol. The zero-order valence-corrected chi connectivity index (χ0v) is 22.4. The summed E-state index contributed by atoms with van der Waals surface area (Å²) in [5.74, 6) is 0.740. The average Bonchev–Trinajstić information content (AvgIpc) is 3.43. The van der Waals surface area contributed by atoms with Crippen LogP contribution in [0, 0.1) is 0 Å². The Balaban J connectivity index is 0.00000289. The number of carbonyl (C=O) groups is 1. The van der Waals surface area contributed by atoms with Crippen LogP contribution in [0.5, 0.6) is 11.5 Å². The van der Waals surface area contributed by atoms with Gasteiger partial charge < -0.3 is 14.8 Å². The number of halogens is 1. The number of ether oxygens (including phenoxy) is 2. The SMILES string of the molecule is CCCN1CCc2c(sc(NC(=O)c3cccc(OC)c3OC)c2-c2nc3ccccc3s2)C1.Cl. The summed E-state index contributed by atoms with van der Waals surface area (Å²) in [5.41, 5.74) is 3.80. The van der Waals surface area contributed by atoms with Gasteiger partial charge in [-0.1, -0.05) is 25.1 Å². The highest BCUT2D eigenvalue weighted by molar-refractivity contribution is 7.23. The second kappa shape index (κ2) is 11.0. The van der Waals surface area contributed by atoms with Crippen molar-refractivity contribution in [3.8, 4) is 22.1 Å². The molecule has 0 saturated carbocycles. The molecule has 3 heterocycles. The van der Waals surface area contributed by atoms with Crippen LogP contribution in [0.15, 0.2) is 42.5 Å². The molecule has 0 unspecified atom stereocenters. The zero-order chi connectivity index (χ0) is 23.7. The number of amides is 1. The molecule has 2 aromatic carbocycles. The van der Waals surface area contributed by atoms with E-state index in [1.54, 1.807) is 55.1 Å². The van der Waals surface area contributed by atoms with Gasteiger partial charge in [-0.05, 0) is 49.2 Å². The third-order valence-electron chi connectivity index (χ3n) is 6.06. The number of nitrogens with zero attached hydrogens (tertiary/aromatic N) is 2. The van der Waals surface area contributed by atoms with Gasteiger partial charge in [0.05, 0.1) is 30.0 Å². The van der Waals surface area contributed by atoms with Crippen LogP contribution in [0.2, 0.25) is 0 Å². The van der Waals surface area contributed by atoms with Gasteiger partial charge in [-0.15, -0.1) is 35.1 Å². The van der Waals surface area contributed by atoms with Crippen LogP contribution < -0.4 is 14.8 Å². The van der Waals surface area contributed by atoms with E-state index in [0.717, 1.165) is 58.3 Å². The number of anilines is 1. The van der Waals surface area contributed by atoms with Crippen LogP contribution in [0.3, 0.4) is 0 Å². The van der Waals surface area contributed by atoms with Crippen molar-refractivity contribution >= 4 is 56.2 Å². The van der Waals surface area contributed by atoms with Crippen molar-refractivity contribution in [2.75, 3.05) is 32.6 Å². The molecular formula is C26H28ClN3O3S2. The summed E-state index contributed by atoms with van der Waals surface area (Å²) in [6.45, 7) is 5.22. The number of hydrogen-bond donors (Lipinski definition) is 1. The van der Waals surface area contributed by atoms with Crippen molar-refractivity contribution in [2.45, 2.75) is 26.3 Å². The number of thiophene rings is 1. The maximum Gasteiger partial charge on any atom is 0.260 e. The van der Waals surface area contributed by atoms with Gasteiger partial charge in [0.2, 0.25) is 0 Å². The van der Waals surface area contributed by atoms with Crippen molar-refractivity contribution in [2.24, 2.45) is 0 Å². The fourth-order valence-corrected chi connectivity index (χ4v) is 6.89. The lowest BCUT2D eigenvalue weighted by Crippen LogP contribution is -2.30. The fourth-order valence-electron chi connectivity index (χ4n) is 4.49. The predicted octanol–water partition coefficient (Wildman–Crippen LogP) is 6.48. The molecule has 5 rings (SSSR count). The Kier molecular flexibility index (Phi) is 7.96. The molecule has 1 N–H and O–H groups in total. The number of aromatic nitrogens is 1. The van der Waals surface area contributed by atoms with Gasteiger partial charge in [-0.2, -0.15) is 0 Å². The topological polar surface area (TPSA) is 63.7 Å². The Bertz CT molecular complexity index is 1320. The number of methoxy groups -OCH3 is 2. The number of benzene rings is 2. The molecule has 9 heteroatoms. The maximum absolute atomic E-state index is 13.4. The first-order valence-corrected chi connectivity index (χ1v) is 13.0. The Morgan fingerprint density at radius 3 is 2.69 bits per heavy atom. The summed E-state index contributed by atoms with van der Waals surface area (Å²) in [6.07, 6.45) is 2.08. The van der Waals surface area contributed by atoms with Crippen LogP contribution in [0.25, 0.3) is 20.8 Å².